The number of benzene rings is 1. The molecule has 0 radical (unpaired) electrons. The predicted molar refractivity (Wildman–Crippen MR) is 82.1 cm³/mol. The second-order valence-electron chi connectivity index (χ2n) is 6.65. The van der Waals surface area contributed by atoms with E-state index in [9.17, 15) is 22.3 Å². The second kappa shape index (κ2) is 6.11. The highest BCUT2D eigenvalue weighted by atomic mass is 32.2. The average molecular weight is 345 g/mol. The maximum atomic E-state index is 13.7. The van der Waals surface area contributed by atoms with Crippen LogP contribution in [0.2, 0.25) is 0 Å². The van der Waals surface area contributed by atoms with Crippen molar-refractivity contribution in [1.29, 1.82) is 0 Å². The Kier molecular flexibility index (Phi) is 4.46. The third-order valence-electron chi connectivity index (χ3n) is 5.14. The molecule has 4 nitrogen and oxygen atoms in total. The SMILES string of the molecule is O=S(=O)(Cc1ccc(F)cc1F)N1CCC2(O)CCCCC2C1. The smallest absolute Gasteiger partial charge is 0.218 e. The van der Waals surface area contributed by atoms with Gasteiger partial charge in [0.1, 0.15) is 11.6 Å². The molecular weight excluding hydrogens is 324 g/mol. The van der Waals surface area contributed by atoms with Crippen LogP contribution < -0.4 is 0 Å². The number of halogens is 2. The summed E-state index contributed by atoms with van der Waals surface area (Å²) >= 11 is 0. The van der Waals surface area contributed by atoms with Crippen LogP contribution >= 0.6 is 0 Å². The third kappa shape index (κ3) is 3.41. The number of nitrogens with zero attached hydrogens (tertiary/aromatic N) is 1. The minimum atomic E-state index is -3.69. The molecule has 128 valence electrons. The summed E-state index contributed by atoms with van der Waals surface area (Å²) in [6.07, 6.45) is 3.92. The predicted octanol–water partition coefficient (Wildman–Crippen LogP) is 2.42. The first-order valence-corrected chi connectivity index (χ1v) is 9.55. The van der Waals surface area contributed by atoms with Crippen molar-refractivity contribution in [2.24, 2.45) is 5.92 Å². The molecule has 2 aliphatic rings. The molecule has 0 spiro atoms. The average Bonchev–Trinajstić information content (AvgIpc) is 2.49. The first kappa shape index (κ1) is 16.8. The van der Waals surface area contributed by atoms with Gasteiger partial charge in [0.15, 0.2) is 0 Å². The van der Waals surface area contributed by atoms with Gasteiger partial charge in [0, 0.05) is 30.6 Å². The molecule has 1 saturated carbocycles. The van der Waals surface area contributed by atoms with Crippen molar-refractivity contribution in [3.8, 4) is 0 Å². The summed E-state index contributed by atoms with van der Waals surface area (Å²) in [6.45, 7) is 0.528. The van der Waals surface area contributed by atoms with Crippen LogP contribution in [0.4, 0.5) is 8.78 Å². The van der Waals surface area contributed by atoms with Crippen LogP contribution in [-0.4, -0.2) is 36.5 Å². The quantitative estimate of drug-likeness (QED) is 0.915. The maximum absolute atomic E-state index is 13.7. The lowest BCUT2D eigenvalue weighted by Gasteiger charge is -2.46. The largest absolute Gasteiger partial charge is 0.390 e. The Balaban J connectivity index is 1.75. The van der Waals surface area contributed by atoms with Crippen LogP contribution in [0, 0.1) is 17.6 Å². The van der Waals surface area contributed by atoms with Crippen LogP contribution in [-0.2, 0) is 15.8 Å². The fourth-order valence-corrected chi connectivity index (χ4v) is 5.31. The third-order valence-corrected chi connectivity index (χ3v) is 6.93. The van der Waals surface area contributed by atoms with Crippen molar-refractivity contribution in [1.82, 2.24) is 4.31 Å². The molecule has 2 fully saturated rings. The van der Waals surface area contributed by atoms with E-state index in [0.717, 1.165) is 31.7 Å². The minimum absolute atomic E-state index is 0.0316. The fraction of sp³-hybridized carbons (Fsp3) is 0.625. The normalized spacial score (nSPS) is 29.3. The van der Waals surface area contributed by atoms with Crippen molar-refractivity contribution >= 4 is 10.0 Å². The van der Waals surface area contributed by atoms with E-state index in [1.165, 1.54) is 10.4 Å². The lowest BCUT2D eigenvalue weighted by atomic mass is 9.72. The molecule has 0 aromatic heterocycles. The summed E-state index contributed by atoms with van der Waals surface area (Å²) in [5.41, 5.74) is -0.790. The zero-order valence-electron chi connectivity index (χ0n) is 12.8. The van der Waals surface area contributed by atoms with Crippen molar-refractivity contribution in [2.45, 2.75) is 43.5 Å². The summed E-state index contributed by atoms with van der Waals surface area (Å²) in [4.78, 5) is 0. The summed E-state index contributed by atoms with van der Waals surface area (Å²) in [7, 11) is -3.69. The van der Waals surface area contributed by atoms with Crippen molar-refractivity contribution in [3.05, 3.63) is 35.4 Å². The van der Waals surface area contributed by atoms with Crippen LogP contribution in [0.15, 0.2) is 18.2 Å². The van der Waals surface area contributed by atoms with Gasteiger partial charge < -0.3 is 5.11 Å². The molecule has 1 aliphatic carbocycles. The summed E-state index contributed by atoms with van der Waals surface area (Å²) in [6, 6.07) is 2.92. The minimum Gasteiger partial charge on any atom is -0.390 e. The Hall–Kier alpha value is -1.05. The second-order valence-corrected chi connectivity index (χ2v) is 8.62. The topological polar surface area (TPSA) is 57.6 Å². The van der Waals surface area contributed by atoms with Gasteiger partial charge in [-0.15, -0.1) is 0 Å². The fourth-order valence-electron chi connectivity index (χ4n) is 3.72. The van der Waals surface area contributed by atoms with E-state index in [2.05, 4.69) is 0 Å². The van der Waals surface area contributed by atoms with Crippen LogP contribution in [0.5, 0.6) is 0 Å². The van der Waals surface area contributed by atoms with Gasteiger partial charge in [-0.2, -0.15) is 0 Å². The van der Waals surface area contributed by atoms with E-state index in [1.807, 2.05) is 0 Å². The lowest BCUT2D eigenvalue weighted by Crippen LogP contribution is -2.54. The van der Waals surface area contributed by atoms with Crippen molar-refractivity contribution < 1.29 is 22.3 Å². The molecule has 1 aromatic carbocycles. The highest BCUT2D eigenvalue weighted by Gasteiger charge is 2.45. The molecule has 1 heterocycles. The van der Waals surface area contributed by atoms with Gasteiger partial charge in [0.2, 0.25) is 10.0 Å². The standard InChI is InChI=1S/C16H21F2NO3S/c17-14-5-4-12(15(18)9-14)11-23(21,22)19-8-7-16(20)6-2-1-3-13(16)10-19/h4-5,9,13,20H,1-3,6-8,10-11H2. The van der Waals surface area contributed by atoms with Crippen molar-refractivity contribution in [3.63, 3.8) is 0 Å². The van der Waals surface area contributed by atoms with E-state index >= 15 is 0 Å². The number of hydrogen-bond donors (Lipinski definition) is 1. The molecule has 23 heavy (non-hydrogen) atoms. The van der Waals surface area contributed by atoms with Gasteiger partial charge in [0.05, 0.1) is 11.4 Å². The molecule has 0 bridgehead atoms. The van der Waals surface area contributed by atoms with Gasteiger partial charge in [-0.25, -0.2) is 21.5 Å². The summed E-state index contributed by atoms with van der Waals surface area (Å²) in [5.74, 6) is -2.11. The van der Waals surface area contributed by atoms with Gasteiger partial charge >= 0.3 is 0 Å². The first-order chi connectivity index (χ1) is 10.8. The van der Waals surface area contributed by atoms with E-state index in [0.29, 0.717) is 12.5 Å². The van der Waals surface area contributed by atoms with Gasteiger partial charge in [-0.3, -0.25) is 0 Å². The number of aliphatic hydroxyl groups is 1. The lowest BCUT2D eigenvalue weighted by molar-refractivity contribution is -0.0816. The Morgan fingerprint density at radius 3 is 2.78 bits per heavy atom. The monoisotopic (exact) mass is 345 g/mol. The molecule has 1 aromatic rings. The summed E-state index contributed by atoms with van der Waals surface area (Å²) in [5, 5.41) is 10.6. The highest BCUT2D eigenvalue weighted by molar-refractivity contribution is 7.88. The zero-order valence-corrected chi connectivity index (χ0v) is 13.7. The summed E-state index contributed by atoms with van der Waals surface area (Å²) < 4.78 is 53.1. The molecule has 7 heteroatoms. The first-order valence-electron chi connectivity index (χ1n) is 7.94. The van der Waals surface area contributed by atoms with E-state index in [-0.39, 0.29) is 24.6 Å². The Morgan fingerprint density at radius 1 is 1.26 bits per heavy atom. The Labute approximate surface area is 135 Å². The van der Waals surface area contributed by atoms with E-state index in [1.54, 1.807) is 0 Å². The van der Waals surface area contributed by atoms with Crippen molar-refractivity contribution in [2.75, 3.05) is 13.1 Å². The van der Waals surface area contributed by atoms with Crippen LogP contribution in [0.3, 0.4) is 0 Å². The zero-order chi connectivity index (χ0) is 16.7. The molecular formula is C16H21F2NO3S. The molecule has 1 saturated heterocycles. The van der Waals surface area contributed by atoms with Gasteiger partial charge in [-0.1, -0.05) is 18.9 Å². The number of rotatable bonds is 3. The Morgan fingerprint density at radius 2 is 2.04 bits per heavy atom. The molecule has 1 aliphatic heterocycles. The van der Waals surface area contributed by atoms with Gasteiger partial charge in [-0.05, 0) is 25.3 Å². The Bertz CT molecular complexity index is 695. The maximum Gasteiger partial charge on any atom is 0.218 e. The van der Waals surface area contributed by atoms with Crippen LogP contribution in [0.25, 0.3) is 0 Å². The van der Waals surface area contributed by atoms with Crippen LogP contribution in [0.1, 0.15) is 37.7 Å². The van der Waals surface area contributed by atoms with E-state index in [4.69, 9.17) is 0 Å². The number of piperidine rings is 1. The molecule has 0 amide bonds. The molecule has 2 unspecified atom stereocenters. The number of fused-ring (bicyclic) bond motifs is 1. The van der Waals surface area contributed by atoms with E-state index < -0.39 is 33.0 Å². The molecule has 1 N–H and O–H groups in total. The van der Waals surface area contributed by atoms with Gasteiger partial charge in [0.25, 0.3) is 0 Å². The molecule has 3 rings (SSSR count). The molecule has 2 atom stereocenters. The number of hydrogen-bond acceptors (Lipinski definition) is 3. The highest BCUT2D eigenvalue weighted by Crippen LogP contribution is 2.40. The number of sulfonamides is 1.